The first-order valence-electron chi connectivity index (χ1n) is 5.61. The molecular formula is C13H14O4S. The van der Waals surface area contributed by atoms with Gasteiger partial charge in [-0.2, -0.15) is 0 Å². The number of fused-ring (bicyclic) bond motifs is 1. The lowest BCUT2D eigenvalue weighted by Gasteiger charge is -2.07. The van der Waals surface area contributed by atoms with Gasteiger partial charge in [0, 0.05) is 4.91 Å². The molecule has 0 aliphatic carbocycles. The van der Waals surface area contributed by atoms with E-state index in [4.69, 9.17) is 5.11 Å². The second-order valence-electron chi connectivity index (χ2n) is 4.57. The first kappa shape index (κ1) is 12.8. The summed E-state index contributed by atoms with van der Waals surface area (Å²) >= 11 is 0. The van der Waals surface area contributed by atoms with Gasteiger partial charge in [-0.1, -0.05) is 19.1 Å². The molecule has 0 bridgehead atoms. The van der Waals surface area contributed by atoms with Crippen molar-refractivity contribution in [2.75, 3.05) is 0 Å². The van der Waals surface area contributed by atoms with Gasteiger partial charge in [0.1, 0.15) is 0 Å². The maximum Gasteiger partial charge on any atom is 0.306 e. The summed E-state index contributed by atoms with van der Waals surface area (Å²) in [6, 6.07) is 4.99. The van der Waals surface area contributed by atoms with Gasteiger partial charge in [-0.25, -0.2) is 8.42 Å². The van der Waals surface area contributed by atoms with Gasteiger partial charge in [0.15, 0.2) is 0 Å². The van der Waals surface area contributed by atoms with E-state index in [-0.39, 0.29) is 0 Å². The van der Waals surface area contributed by atoms with E-state index in [1.54, 1.807) is 38.1 Å². The number of rotatable bonds is 3. The van der Waals surface area contributed by atoms with Gasteiger partial charge in [0.2, 0.25) is 9.84 Å². The third kappa shape index (κ3) is 2.06. The van der Waals surface area contributed by atoms with Crippen LogP contribution in [0.15, 0.2) is 28.0 Å². The van der Waals surface area contributed by atoms with Gasteiger partial charge in [-0.3, -0.25) is 4.79 Å². The Hall–Kier alpha value is -1.62. The highest BCUT2D eigenvalue weighted by atomic mass is 32.2. The third-order valence-electron chi connectivity index (χ3n) is 3.11. The predicted molar refractivity (Wildman–Crippen MR) is 67.8 cm³/mol. The lowest BCUT2D eigenvalue weighted by molar-refractivity contribution is -0.141. The van der Waals surface area contributed by atoms with Crippen molar-refractivity contribution in [2.24, 2.45) is 5.92 Å². The normalized spacial score (nSPS) is 18.0. The molecule has 0 radical (unpaired) electrons. The molecule has 1 aliphatic rings. The van der Waals surface area contributed by atoms with Crippen LogP contribution in [0.1, 0.15) is 25.0 Å². The molecule has 0 saturated heterocycles. The van der Waals surface area contributed by atoms with Crippen molar-refractivity contribution in [3.8, 4) is 0 Å². The van der Waals surface area contributed by atoms with Crippen molar-refractivity contribution in [1.29, 1.82) is 0 Å². The van der Waals surface area contributed by atoms with Crippen LogP contribution in [-0.4, -0.2) is 19.5 Å². The Morgan fingerprint density at radius 1 is 1.39 bits per heavy atom. The van der Waals surface area contributed by atoms with Crippen LogP contribution < -0.4 is 0 Å². The van der Waals surface area contributed by atoms with E-state index in [9.17, 15) is 13.2 Å². The minimum atomic E-state index is -3.30. The van der Waals surface area contributed by atoms with Gasteiger partial charge in [0.25, 0.3) is 0 Å². The zero-order valence-electron chi connectivity index (χ0n) is 10.2. The van der Waals surface area contributed by atoms with E-state index in [1.807, 2.05) is 0 Å². The fourth-order valence-electron chi connectivity index (χ4n) is 1.99. The summed E-state index contributed by atoms with van der Waals surface area (Å²) in [7, 11) is -3.30. The summed E-state index contributed by atoms with van der Waals surface area (Å²) in [5.74, 6) is -1.33. The molecule has 0 aromatic heterocycles. The summed E-state index contributed by atoms with van der Waals surface area (Å²) in [6.45, 7) is 3.20. The second-order valence-corrected chi connectivity index (χ2v) is 6.66. The van der Waals surface area contributed by atoms with Crippen LogP contribution in [0.4, 0.5) is 0 Å². The number of allylic oxidation sites excluding steroid dienone is 1. The van der Waals surface area contributed by atoms with Crippen LogP contribution in [-0.2, 0) is 21.1 Å². The van der Waals surface area contributed by atoms with E-state index in [2.05, 4.69) is 0 Å². The number of hydrogen-bond acceptors (Lipinski definition) is 3. The SMILES string of the molecule is CC1=Cc2cc(CC(C)C(=O)O)ccc2S1(=O)=O. The van der Waals surface area contributed by atoms with Crippen LogP contribution >= 0.6 is 0 Å². The minimum absolute atomic E-state index is 0.312. The van der Waals surface area contributed by atoms with Crippen LogP contribution in [0.5, 0.6) is 0 Å². The maximum atomic E-state index is 11.9. The number of carboxylic acids is 1. The lowest BCUT2D eigenvalue weighted by Crippen LogP contribution is -2.12. The first-order valence-corrected chi connectivity index (χ1v) is 7.10. The lowest BCUT2D eigenvalue weighted by atomic mass is 9.99. The molecule has 1 aromatic rings. The van der Waals surface area contributed by atoms with Gasteiger partial charge in [-0.05, 0) is 36.6 Å². The van der Waals surface area contributed by atoms with E-state index in [1.165, 1.54) is 0 Å². The number of carbonyl (C=O) groups is 1. The number of carboxylic acid groups (broad SMARTS) is 1. The minimum Gasteiger partial charge on any atom is -0.481 e. The maximum absolute atomic E-state index is 11.9. The molecule has 1 heterocycles. The Balaban J connectivity index is 2.36. The molecule has 5 heteroatoms. The van der Waals surface area contributed by atoms with E-state index in [0.29, 0.717) is 21.8 Å². The van der Waals surface area contributed by atoms with Crippen molar-refractivity contribution in [3.63, 3.8) is 0 Å². The smallest absolute Gasteiger partial charge is 0.306 e. The summed E-state index contributed by atoms with van der Waals surface area (Å²) in [5.41, 5.74) is 1.49. The number of hydrogen-bond donors (Lipinski definition) is 1. The monoisotopic (exact) mass is 266 g/mol. The van der Waals surface area contributed by atoms with Crippen molar-refractivity contribution in [3.05, 3.63) is 34.2 Å². The molecule has 18 heavy (non-hydrogen) atoms. The predicted octanol–water partition coefficient (Wildman–Crippen LogP) is 2.10. The second kappa shape index (κ2) is 4.24. The van der Waals surface area contributed by atoms with E-state index >= 15 is 0 Å². The Morgan fingerprint density at radius 3 is 2.67 bits per heavy atom. The molecule has 0 saturated carbocycles. The van der Waals surface area contributed by atoms with Crippen LogP contribution in [0.25, 0.3) is 6.08 Å². The topological polar surface area (TPSA) is 71.4 Å². The number of aliphatic carboxylic acids is 1. The van der Waals surface area contributed by atoms with Gasteiger partial charge < -0.3 is 5.11 Å². The first-order chi connectivity index (χ1) is 8.32. The van der Waals surface area contributed by atoms with Gasteiger partial charge >= 0.3 is 5.97 Å². The average Bonchev–Trinajstić information content (AvgIpc) is 2.49. The molecule has 1 aliphatic heterocycles. The molecule has 0 amide bonds. The summed E-state index contributed by atoms with van der Waals surface area (Å²) in [4.78, 5) is 11.4. The molecular weight excluding hydrogens is 252 g/mol. The zero-order valence-corrected chi connectivity index (χ0v) is 11.0. The van der Waals surface area contributed by atoms with E-state index in [0.717, 1.165) is 5.56 Å². The zero-order chi connectivity index (χ0) is 13.5. The molecule has 1 unspecified atom stereocenters. The Kier molecular flexibility index (Phi) is 3.02. The Morgan fingerprint density at radius 2 is 2.06 bits per heavy atom. The van der Waals surface area contributed by atoms with Crippen LogP contribution in [0.3, 0.4) is 0 Å². The van der Waals surface area contributed by atoms with Gasteiger partial charge in [0.05, 0.1) is 10.8 Å². The Labute approximate surface area is 106 Å². The number of benzene rings is 1. The highest BCUT2D eigenvalue weighted by Crippen LogP contribution is 2.33. The van der Waals surface area contributed by atoms with Crippen LogP contribution in [0.2, 0.25) is 0 Å². The molecule has 0 spiro atoms. The van der Waals surface area contributed by atoms with Gasteiger partial charge in [-0.15, -0.1) is 0 Å². The standard InChI is InChI=1S/C13H14O4S/c1-8(13(14)15)5-10-3-4-12-11(7-10)6-9(2)18(12,16)17/h3-4,6-8H,5H2,1-2H3,(H,14,15). The van der Waals surface area contributed by atoms with Crippen molar-refractivity contribution >= 4 is 21.9 Å². The summed E-state index contributed by atoms with van der Waals surface area (Å²) < 4.78 is 23.7. The molecule has 2 rings (SSSR count). The highest BCUT2D eigenvalue weighted by Gasteiger charge is 2.26. The molecule has 1 aromatic carbocycles. The van der Waals surface area contributed by atoms with E-state index < -0.39 is 21.7 Å². The van der Waals surface area contributed by atoms with Crippen molar-refractivity contribution in [1.82, 2.24) is 0 Å². The largest absolute Gasteiger partial charge is 0.481 e. The average molecular weight is 266 g/mol. The molecule has 96 valence electrons. The molecule has 1 atom stereocenters. The fraction of sp³-hybridized carbons (Fsp3) is 0.308. The quantitative estimate of drug-likeness (QED) is 0.909. The molecule has 1 N–H and O–H groups in total. The third-order valence-corrected chi connectivity index (χ3v) is 5.03. The molecule has 4 nitrogen and oxygen atoms in total. The highest BCUT2D eigenvalue weighted by molar-refractivity contribution is 7.95. The molecule has 0 fully saturated rings. The summed E-state index contributed by atoms with van der Waals surface area (Å²) in [6.07, 6.45) is 2.02. The van der Waals surface area contributed by atoms with Crippen LogP contribution in [0, 0.1) is 5.92 Å². The summed E-state index contributed by atoms with van der Waals surface area (Å²) in [5, 5.41) is 8.85. The Bertz CT molecular complexity index is 641. The van der Waals surface area contributed by atoms with Crippen molar-refractivity contribution in [2.45, 2.75) is 25.2 Å². The van der Waals surface area contributed by atoms with Crippen molar-refractivity contribution < 1.29 is 18.3 Å². The number of sulfone groups is 1. The fourth-order valence-corrected chi connectivity index (χ4v) is 3.30.